The third-order valence-corrected chi connectivity index (χ3v) is 5.69. The van der Waals surface area contributed by atoms with E-state index in [0.29, 0.717) is 5.78 Å². The Morgan fingerprint density at radius 2 is 1.61 bits per heavy atom. The molecule has 1 atom stereocenters. The van der Waals surface area contributed by atoms with Gasteiger partial charge in [0.1, 0.15) is 5.78 Å². The zero-order valence-corrected chi connectivity index (χ0v) is 15.7. The van der Waals surface area contributed by atoms with E-state index in [2.05, 4.69) is 42.5 Å². The average molecular weight is 412 g/mol. The minimum absolute atomic E-state index is 0.146. The van der Waals surface area contributed by atoms with Gasteiger partial charge in [0.05, 0.1) is 0 Å². The summed E-state index contributed by atoms with van der Waals surface area (Å²) >= 11 is 0. The Morgan fingerprint density at radius 3 is 2.25 bits per heavy atom. The van der Waals surface area contributed by atoms with Crippen molar-refractivity contribution >= 4 is 15.9 Å². The van der Waals surface area contributed by atoms with Crippen LogP contribution in [0.1, 0.15) is 48.3 Å². The van der Waals surface area contributed by atoms with Gasteiger partial charge in [0, 0.05) is 12.3 Å². The summed E-state index contributed by atoms with van der Waals surface area (Å²) in [5.41, 5.74) is 1.26. The minimum Gasteiger partial charge on any atom is -0.299 e. The SMILES string of the molecule is O=C1CCCCC1c1cccc2c1Cc1ccccc1-2.O=S(=O)(O)C(F)(F)F. The van der Waals surface area contributed by atoms with Crippen LogP contribution in [0.5, 0.6) is 0 Å². The van der Waals surface area contributed by atoms with Crippen LogP contribution in [-0.2, 0) is 21.3 Å². The first-order chi connectivity index (χ1) is 13.1. The molecule has 1 unspecified atom stereocenters. The van der Waals surface area contributed by atoms with Gasteiger partial charge in [-0.1, -0.05) is 48.9 Å². The molecule has 0 spiro atoms. The highest BCUT2D eigenvalue weighted by molar-refractivity contribution is 7.86. The van der Waals surface area contributed by atoms with Crippen LogP contribution in [0.2, 0.25) is 0 Å². The molecule has 1 N–H and O–H groups in total. The maximum Gasteiger partial charge on any atom is 0.522 e. The van der Waals surface area contributed by atoms with E-state index in [-0.39, 0.29) is 5.92 Å². The van der Waals surface area contributed by atoms with Crippen molar-refractivity contribution in [2.45, 2.75) is 43.5 Å². The van der Waals surface area contributed by atoms with Gasteiger partial charge in [0.15, 0.2) is 0 Å². The molecule has 8 heteroatoms. The topological polar surface area (TPSA) is 71.4 Å². The number of Topliss-reactive ketones (excluding diaryl/α,β-unsaturated/α-hetero) is 1. The lowest BCUT2D eigenvalue weighted by Gasteiger charge is -2.23. The molecule has 2 aromatic rings. The van der Waals surface area contributed by atoms with Gasteiger partial charge in [0.2, 0.25) is 0 Å². The van der Waals surface area contributed by atoms with E-state index in [4.69, 9.17) is 13.0 Å². The first-order valence-corrected chi connectivity index (χ1v) is 10.3. The first-order valence-electron chi connectivity index (χ1n) is 8.86. The summed E-state index contributed by atoms with van der Waals surface area (Å²) in [4.78, 5) is 12.3. The summed E-state index contributed by atoms with van der Waals surface area (Å²) in [7, 11) is -5.84. The van der Waals surface area contributed by atoms with Crippen LogP contribution in [0.4, 0.5) is 13.2 Å². The van der Waals surface area contributed by atoms with Crippen molar-refractivity contribution in [3.63, 3.8) is 0 Å². The molecule has 0 saturated heterocycles. The van der Waals surface area contributed by atoms with E-state index in [1.807, 2.05) is 0 Å². The number of hydrogen-bond donors (Lipinski definition) is 1. The van der Waals surface area contributed by atoms with E-state index in [9.17, 15) is 18.0 Å². The Balaban J connectivity index is 0.000000242. The van der Waals surface area contributed by atoms with Crippen molar-refractivity contribution in [3.8, 4) is 11.1 Å². The van der Waals surface area contributed by atoms with Gasteiger partial charge in [-0.25, -0.2) is 0 Å². The summed E-state index contributed by atoms with van der Waals surface area (Å²) in [6, 6.07) is 15.1. The number of carbonyl (C=O) groups excluding carboxylic acids is 1. The number of halogens is 3. The lowest BCUT2D eigenvalue weighted by molar-refractivity contribution is -0.121. The van der Waals surface area contributed by atoms with Gasteiger partial charge in [0.25, 0.3) is 0 Å². The lowest BCUT2D eigenvalue weighted by Crippen LogP contribution is -2.21. The van der Waals surface area contributed by atoms with Crippen LogP contribution >= 0.6 is 0 Å². The standard InChI is InChI=1S/C19H18O.CHF3O3S/c20-19-11-4-3-8-17(19)16-10-5-9-15-14-7-2-1-6-13(14)12-18(15)16;2-1(3,4)8(5,6)7/h1-2,5-7,9-10,17H,3-4,8,11-12H2;(H,5,6,7). The molecule has 1 fully saturated rings. The molecule has 0 radical (unpaired) electrons. The normalized spacial score (nSPS) is 18.7. The monoisotopic (exact) mass is 412 g/mol. The number of hydrogen-bond acceptors (Lipinski definition) is 3. The van der Waals surface area contributed by atoms with Crippen LogP contribution in [0.15, 0.2) is 42.5 Å². The first kappa shape index (κ1) is 20.5. The Morgan fingerprint density at radius 1 is 0.964 bits per heavy atom. The van der Waals surface area contributed by atoms with Crippen LogP contribution in [0, 0.1) is 0 Å². The molecular formula is C20H19F3O4S. The summed E-state index contributed by atoms with van der Waals surface area (Å²) < 4.78 is 57.5. The number of rotatable bonds is 1. The quantitative estimate of drug-likeness (QED) is 0.457. The summed E-state index contributed by atoms with van der Waals surface area (Å²) in [6.45, 7) is 0. The molecule has 0 aliphatic heterocycles. The molecule has 4 nitrogen and oxygen atoms in total. The molecule has 2 aliphatic rings. The smallest absolute Gasteiger partial charge is 0.299 e. The predicted molar refractivity (Wildman–Crippen MR) is 98.5 cm³/mol. The van der Waals surface area contributed by atoms with Crippen molar-refractivity contribution in [1.29, 1.82) is 0 Å². The highest BCUT2D eigenvalue weighted by atomic mass is 32.2. The molecule has 2 aromatic carbocycles. The summed E-state index contributed by atoms with van der Waals surface area (Å²) in [6.07, 6.45) is 5.05. The fourth-order valence-corrected chi connectivity index (χ4v) is 3.82. The van der Waals surface area contributed by atoms with Crippen LogP contribution in [-0.4, -0.2) is 24.3 Å². The molecule has 28 heavy (non-hydrogen) atoms. The van der Waals surface area contributed by atoms with E-state index >= 15 is 0 Å². The van der Waals surface area contributed by atoms with Gasteiger partial charge in [-0.3, -0.25) is 9.35 Å². The lowest BCUT2D eigenvalue weighted by atomic mass is 9.80. The van der Waals surface area contributed by atoms with Crippen molar-refractivity contribution < 1.29 is 30.9 Å². The van der Waals surface area contributed by atoms with Crippen molar-refractivity contribution in [2.75, 3.05) is 0 Å². The minimum atomic E-state index is -5.84. The Bertz CT molecular complexity index is 997. The molecule has 0 aromatic heterocycles. The number of fused-ring (bicyclic) bond motifs is 3. The van der Waals surface area contributed by atoms with E-state index < -0.39 is 15.6 Å². The zero-order valence-electron chi connectivity index (χ0n) is 14.9. The number of ketones is 1. The van der Waals surface area contributed by atoms with Gasteiger partial charge >= 0.3 is 15.6 Å². The molecule has 0 amide bonds. The second kappa shape index (κ2) is 7.67. The van der Waals surface area contributed by atoms with E-state index in [1.165, 1.54) is 34.2 Å². The largest absolute Gasteiger partial charge is 0.522 e. The molecule has 150 valence electrons. The fraction of sp³-hybridized carbons (Fsp3) is 0.350. The van der Waals surface area contributed by atoms with Crippen molar-refractivity contribution in [2.24, 2.45) is 0 Å². The highest BCUT2D eigenvalue weighted by Crippen LogP contribution is 2.42. The third-order valence-electron chi connectivity index (χ3n) is 5.11. The van der Waals surface area contributed by atoms with Gasteiger partial charge in [-0.15, -0.1) is 0 Å². The maximum atomic E-state index is 12.3. The molecule has 2 aliphatic carbocycles. The van der Waals surface area contributed by atoms with Crippen LogP contribution in [0.3, 0.4) is 0 Å². The van der Waals surface area contributed by atoms with E-state index in [1.54, 1.807) is 0 Å². The van der Waals surface area contributed by atoms with Crippen LogP contribution in [0.25, 0.3) is 11.1 Å². The Kier molecular flexibility index (Phi) is 5.63. The maximum absolute atomic E-state index is 12.3. The van der Waals surface area contributed by atoms with Crippen molar-refractivity contribution in [3.05, 3.63) is 59.2 Å². The van der Waals surface area contributed by atoms with Gasteiger partial charge in [-0.05, 0) is 47.1 Å². The number of benzene rings is 2. The fourth-order valence-electron chi connectivity index (χ4n) is 3.82. The summed E-state index contributed by atoms with van der Waals surface area (Å²) in [5.74, 6) is 0.591. The van der Waals surface area contributed by atoms with Gasteiger partial charge in [-0.2, -0.15) is 21.6 Å². The predicted octanol–water partition coefficient (Wildman–Crippen LogP) is 4.88. The highest BCUT2D eigenvalue weighted by Gasteiger charge is 2.44. The van der Waals surface area contributed by atoms with Gasteiger partial charge < -0.3 is 0 Å². The Labute approximate surface area is 161 Å². The van der Waals surface area contributed by atoms with Crippen molar-refractivity contribution in [1.82, 2.24) is 0 Å². The molecule has 0 heterocycles. The second-order valence-corrected chi connectivity index (χ2v) is 8.31. The second-order valence-electron chi connectivity index (χ2n) is 6.89. The summed E-state index contributed by atoms with van der Waals surface area (Å²) in [5, 5.41) is 0. The molecule has 1 saturated carbocycles. The van der Waals surface area contributed by atoms with E-state index in [0.717, 1.165) is 25.7 Å². The third kappa shape index (κ3) is 4.12. The Hall–Kier alpha value is -2.19. The number of alkyl halides is 3. The molecular weight excluding hydrogens is 393 g/mol. The molecule has 4 rings (SSSR count). The molecule has 0 bridgehead atoms. The number of carbonyl (C=O) groups is 1. The zero-order chi connectivity index (χ0) is 20.5. The average Bonchev–Trinajstić information content (AvgIpc) is 3.00. The van der Waals surface area contributed by atoms with Crippen LogP contribution < -0.4 is 0 Å².